The van der Waals surface area contributed by atoms with Gasteiger partial charge in [-0.05, 0) is 24.3 Å². The molecule has 6 heteroatoms. The largest absolute Gasteiger partial charge is 0.377 e. The molecule has 0 saturated heterocycles. The van der Waals surface area contributed by atoms with E-state index in [0.717, 1.165) is 0 Å². The molecule has 0 amide bonds. The first kappa shape index (κ1) is 9.91. The molecule has 0 aliphatic carbocycles. The van der Waals surface area contributed by atoms with E-state index in [4.69, 9.17) is 4.74 Å². The van der Waals surface area contributed by atoms with Gasteiger partial charge in [-0.1, -0.05) is 5.10 Å². The fraction of sp³-hybridized carbons (Fsp3) is 0.857. The third-order valence-electron chi connectivity index (χ3n) is 1.84. The summed E-state index contributed by atoms with van der Waals surface area (Å²) < 4.78 is 6.81. The zero-order chi connectivity index (χ0) is 9.90. The summed E-state index contributed by atoms with van der Waals surface area (Å²) in [5.74, 6) is 0.644. The first-order valence-electron chi connectivity index (χ1n) is 4.06. The fourth-order valence-corrected chi connectivity index (χ4v) is 0.743. The number of anilines is 1. The molecule has 0 aliphatic rings. The van der Waals surface area contributed by atoms with E-state index in [1.165, 1.54) is 0 Å². The predicted molar refractivity (Wildman–Crippen MR) is 48.4 cm³/mol. The van der Waals surface area contributed by atoms with Crippen molar-refractivity contribution in [3.8, 4) is 0 Å². The fourth-order valence-electron chi connectivity index (χ4n) is 0.743. The molecule has 13 heavy (non-hydrogen) atoms. The second-order valence-corrected chi connectivity index (χ2v) is 3.44. The quantitative estimate of drug-likeness (QED) is 0.717. The minimum Gasteiger partial charge on any atom is -0.377 e. The third kappa shape index (κ3) is 2.66. The van der Waals surface area contributed by atoms with Crippen molar-refractivity contribution in [2.45, 2.75) is 19.4 Å². The van der Waals surface area contributed by atoms with Crippen molar-refractivity contribution >= 4 is 5.95 Å². The van der Waals surface area contributed by atoms with Gasteiger partial charge < -0.3 is 10.1 Å². The lowest BCUT2D eigenvalue weighted by Crippen LogP contribution is -2.32. The Balaban J connectivity index is 2.48. The number of rotatable bonds is 4. The van der Waals surface area contributed by atoms with Crippen molar-refractivity contribution in [2.24, 2.45) is 7.05 Å². The highest BCUT2D eigenvalue weighted by Gasteiger charge is 2.16. The van der Waals surface area contributed by atoms with Crippen molar-refractivity contribution in [2.75, 3.05) is 19.0 Å². The molecule has 0 unspecified atom stereocenters. The lowest BCUT2D eigenvalue weighted by Gasteiger charge is -2.22. The SMILES string of the molecule is COC(C)(C)CNc1nnnn1C. The monoisotopic (exact) mass is 185 g/mol. The molecule has 0 fully saturated rings. The molecule has 1 aromatic heterocycles. The van der Waals surface area contributed by atoms with E-state index in [1.54, 1.807) is 18.8 Å². The van der Waals surface area contributed by atoms with Crippen molar-refractivity contribution in [1.82, 2.24) is 20.2 Å². The van der Waals surface area contributed by atoms with Gasteiger partial charge in [-0.25, -0.2) is 4.68 Å². The summed E-state index contributed by atoms with van der Waals surface area (Å²) in [6.45, 7) is 4.64. The Morgan fingerprint density at radius 3 is 2.69 bits per heavy atom. The lowest BCUT2D eigenvalue weighted by atomic mass is 10.1. The number of nitrogens with zero attached hydrogens (tertiary/aromatic N) is 4. The molecule has 0 radical (unpaired) electrons. The van der Waals surface area contributed by atoms with Crippen LogP contribution in [-0.2, 0) is 11.8 Å². The minimum atomic E-state index is -0.216. The highest BCUT2D eigenvalue weighted by atomic mass is 16.5. The zero-order valence-electron chi connectivity index (χ0n) is 8.40. The van der Waals surface area contributed by atoms with Gasteiger partial charge in [-0.15, -0.1) is 0 Å². The predicted octanol–water partition coefficient (Wildman–Crippen LogP) is 0.0470. The molecule has 0 atom stereocenters. The Bertz CT molecular complexity index is 270. The van der Waals surface area contributed by atoms with Crippen LogP contribution >= 0.6 is 0 Å². The van der Waals surface area contributed by atoms with E-state index in [2.05, 4.69) is 20.8 Å². The highest BCUT2D eigenvalue weighted by molar-refractivity contribution is 5.21. The zero-order valence-corrected chi connectivity index (χ0v) is 8.40. The van der Waals surface area contributed by atoms with Gasteiger partial charge in [0.05, 0.1) is 5.60 Å². The van der Waals surface area contributed by atoms with E-state index in [-0.39, 0.29) is 5.60 Å². The normalized spacial score (nSPS) is 11.7. The molecule has 0 saturated carbocycles. The van der Waals surface area contributed by atoms with Crippen LogP contribution in [0.15, 0.2) is 0 Å². The van der Waals surface area contributed by atoms with E-state index >= 15 is 0 Å². The van der Waals surface area contributed by atoms with Crippen LogP contribution in [0.3, 0.4) is 0 Å². The maximum atomic E-state index is 5.24. The van der Waals surface area contributed by atoms with Crippen LogP contribution in [0.25, 0.3) is 0 Å². The summed E-state index contributed by atoms with van der Waals surface area (Å²) >= 11 is 0. The number of hydrogen-bond donors (Lipinski definition) is 1. The summed E-state index contributed by atoms with van der Waals surface area (Å²) in [4.78, 5) is 0. The van der Waals surface area contributed by atoms with E-state index in [1.807, 2.05) is 13.8 Å². The summed E-state index contributed by atoms with van der Waals surface area (Å²) in [5, 5.41) is 14.1. The van der Waals surface area contributed by atoms with Gasteiger partial charge in [0.25, 0.3) is 0 Å². The van der Waals surface area contributed by atoms with E-state index in [9.17, 15) is 0 Å². The molecular formula is C7H15N5O. The van der Waals surface area contributed by atoms with Crippen LogP contribution in [0.2, 0.25) is 0 Å². The summed E-state index contributed by atoms with van der Waals surface area (Å²) in [7, 11) is 3.46. The van der Waals surface area contributed by atoms with Gasteiger partial charge >= 0.3 is 0 Å². The van der Waals surface area contributed by atoms with Gasteiger partial charge in [0.2, 0.25) is 5.95 Å². The molecule has 1 rings (SSSR count). The topological polar surface area (TPSA) is 64.9 Å². The molecular weight excluding hydrogens is 170 g/mol. The lowest BCUT2D eigenvalue weighted by molar-refractivity contribution is 0.0342. The molecule has 1 N–H and O–H groups in total. The average molecular weight is 185 g/mol. The van der Waals surface area contributed by atoms with E-state index < -0.39 is 0 Å². The van der Waals surface area contributed by atoms with Crippen LogP contribution in [0, 0.1) is 0 Å². The molecule has 6 nitrogen and oxygen atoms in total. The van der Waals surface area contributed by atoms with Gasteiger partial charge in [-0.3, -0.25) is 0 Å². The van der Waals surface area contributed by atoms with Crippen LogP contribution in [0.1, 0.15) is 13.8 Å². The Kier molecular flexibility index (Phi) is 2.82. The maximum Gasteiger partial charge on any atom is 0.242 e. The van der Waals surface area contributed by atoms with Crippen LogP contribution in [0.5, 0.6) is 0 Å². The second-order valence-electron chi connectivity index (χ2n) is 3.44. The van der Waals surface area contributed by atoms with Crippen molar-refractivity contribution in [3.05, 3.63) is 0 Å². The average Bonchev–Trinajstić information content (AvgIpc) is 2.48. The van der Waals surface area contributed by atoms with Gasteiger partial charge in [0.1, 0.15) is 0 Å². The van der Waals surface area contributed by atoms with Crippen molar-refractivity contribution in [3.63, 3.8) is 0 Å². The second kappa shape index (κ2) is 3.69. The summed E-state index contributed by atoms with van der Waals surface area (Å²) in [5.41, 5.74) is -0.216. The van der Waals surface area contributed by atoms with Gasteiger partial charge in [-0.2, -0.15) is 0 Å². The van der Waals surface area contributed by atoms with Gasteiger partial charge in [0, 0.05) is 20.7 Å². The van der Waals surface area contributed by atoms with Crippen LogP contribution in [0.4, 0.5) is 5.95 Å². The Morgan fingerprint density at radius 2 is 2.23 bits per heavy atom. The molecule has 0 aromatic carbocycles. The number of aromatic nitrogens is 4. The number of tetrazole rings is 1. The number of ether oxygens (including phenoxy) is 1. The number of aryl methyl sites for hydroxylation is 1. The molecule has 0 spiro atoms. The minimum absolute atomic E-state index is 0.216. The highest BCUT2D eigenvalue weighted by Crippen LogP contribution is 2.08. The Hall–Kier alpha value is -1.17. The summed E-state index contributed by atoms with van der Waals surface area (Å²) in [6.07, 6.45) is 0. The number of nitrogens with one attached hydrogen (secondary N) is 1. The Morgan fingerprint density at radius 1 is 1.54 bits per heavy atom. The van der Waals surface area contributed by atoms with E-state index in [0.29, 0.717) is 12.5 Å². The van der Waals surface area contributed by atoms with Gasteiger partial charge in [0.15, 0.2) is 0 Å². The summed E-state index contributed by atoms with van der Waals surface area (Å²) in [6, 6.07) is 0. The smallest absolute Gasteiger partial charge is 0.242 e. The van der Waals surface area contributed by atoms with Crippen molar-refractivity contribution < 1.29 is 4.74 Å². The molecule has 1 aromatic rings. The number of hydrogen-bond acceptors (Lipinski definition) is 5. The molecule has 1 heterocycles. The third-order valence-corrected chi connectivity index (χ3v) is 1.84. The molecule has 74 valence electrons. The Labute approximate surface area is 77.3 Å². The first-order chi connectivity index (χ1) is 6.05. The standard InChI is InChI=1S/C7H15N5O/c1-7(2,13-4)5-8-6-9-10-11-12(6)3/h5H2,1-4H3,(H,8,9,11). The van der Waals surface area contributed by atoms with Crippen LogP contribution in [-0.4, -0.2) is 39.5 Å². The molecule has 0 bridgehead atoms. The van der Waals surface area contributed by atoms with Crippen LogP contribution < -0.4 is 5.32 Å². The molecule has 0 aliphatic heterocycles. The van der Waals surface area contributed by atoms with Crippen molar-refractivity contribution in [1.29, 1.82) is 0 Å². The first-order valence-corrected chi connectivity index (χ1v) is 4.06. The number of methoxy groups -OCH3 is 1. The maximum absolute atomic E-state index is 5.24.